The quantitative estimate of drug-likeness (QED) is 0.266. The second-order valence-electron chi connectivity index (χ2n) is 7.61. The van der Waals surface area contributed by atoms with Crippen molar-refractivity contribution in [3.05, 3.63) is 57.1 Å². The van der Waals surface area contributed by atoms with Crippen LogP contribution in [0.5, 0.6) is 5.75 Å². The lowest BCUT2D eigenvalue weighted by Gasteiger charge is -2.20. The summed E-state index contributed by atoms with van der Waals surface area (Å²) < 4.78 is 15.7. The molecular weight excluding hydrogens is 418 g/mol. The number of nitro benzene ring substituents is 1. The first kappa shape index (κ1) is 24.5. The van der Waals surface area contributed by atoms with Gasteiger partial charge in [-0.25, -0.2) is 9.59 Å². The molecule has 2 aromatic rings. The fraction of sp³-hybridized carbons (Fsp3) is 0.348. The lowest BCUT2D eigenvalue weighted by Crippen LogP contribution is -2.21. The van der Waals surface area contributed by atoms with Crippen molar-refractivity contribution in [2.24, 2.45) is 5.92 Å². The van der Waals surface area contributed by atoms with Gasteiger partial charge in [0.15, 0.2) is 0 Å². The molecule has 0 aliphatic carbocycles. The van der Waals surface area contributed by atoms with Crippen LogP contribution in [-0.4, -0.2) is 36.0 Å². The molecule has 2 aromatic carbocycles. The number of hydrogen-bond acceptors (Lipinski definition) is 8. The number of hydrogen-bond donors (Lipinski definition) is 0. The van der Waals surface area contributed by atoms with Gasteiger partial charge in [0.05, 0.1) is 35.2 Å². The van der Waals surface area contributed by atoms with E-state index in [4.69, 9.17) is 14.2 Å². The zero-order valence-corrected chi connectivity index (χ0v) is 18.8. The number of carbonyl (C=O) groups excluding carboxylic acids is 3. The zero-order valence-electron chi connectivity index (χ0n) is 18.8. The van der Waals surface area contributed by atoms with Crippen molar-refractivity contribution in [3.63, 3.8) is 0 Å². The molecule has 0 fully saturated rings. The standard InChI is InChI=1S/C23H25NO8/c1-12(2)21(25)32-17-11-14(5)18(23(27)31-13(3)4)19(20(17)22(26)30-6)15-9-7-8-10-16(15)24(28)29/h7-13H,1-6H3. The van der Waals surface area contributed by atoms with Crippen molar-refractivity contribution in [2.75, 3.05) is 7.11 Å². The minimum Gasteiger partial charge on any atom is -0.465 e. The van der Waals surface area contributed by atoms with Crippen molar-refractivity contribution in [1.82, 2.24) is 0 Å². The van der Waals surface area contributed by atoms with Crippen LogP contribution in [0.25, 0.3) is 11.1 Å². The molecule has 0 saturated carbocycles. The first-order valence-electron chi connectivity index (χ1n) is 9.91. The van der Waals surface area contributed by atoms with Crippen molar-refractivity contribution in [3.8, 4) is 16.9 Å². The minimum absolute atomic E-state index is 0.0147. The smallest absolute Gasteiger partial charge is 0.342 e. The van der Waals surface area contributed by atoms with Gasteiger partial charge in [-0.2, -0.15) is 0 Å². The highest BCUT2D eigenvalue weighted by Crippen LogP contribution is 2.41. The Kier molecular flexibility index (Phi) is 7.69. The van der Waals surface area contributed by atoms with Crippen LogP contribution in [0.3, 0.4) is 0 Å². The van der Waals surface area contributed by atoms with Gasteiger partial charge in [-0.15, -0.1) is 0 Å². The van der Waals surface area contributed by atoms with Gasteiger partial charge in [0, 0.05) is 11.6 Å². The number of ether oxygens (including phenoxy) is 3. The van der Waals surface area contributed by atoms with Gasteiger partial charge < -0.3 is 14.2 Å². The number of nitro groups is 1. The Labute approximate surface area is 185 Å². The molecule has 0 N–H and O–H groups in total. The Hall–Kier alpha value is -3.75. The second-order valence-corrected chi connectivity index (χ2v) is 7.61. The number of carbonyl (C=O) groups is 3. The van der Waals surface area contributed by atoms with Crippen molar-refractivity contribution >= 4 is 23.6 Å². The van der Waals surface area contributed by atoms with E-state index in [2.05, 4.69) is 0 Å². The number of methoxy groups -OCH3 is 1. The summed E-state index contributed by atoms with van der Waals surface area (Å²) in [5.41, 5.74) is -0.485. The predicted octanol–water partition coefficient (Wildman–Crippen LogP) is 4.48. The van der Waals surface area contributed by atoms with E-state index in [0.29, 0.717) is 5.56 Å². The summed E-state index contributed by atoms with van der Waals surface area (Å²) in [5, 5.41) is 11.7. The number of para-hydroxylation sites is 1. The van der Waals surface area contributed by atoms with Crippen molar-refractivity contribution < 1.29 is 33.5 Å². The van der Waals surface area contributed by atoms with Crippen LogP contribution in [0, 0.1) is 23.0 Å². The summed E-state index contributed by atoms with van der Waals surface area (Å²) in [6.07, 6.45) is -0.486. The summed E-state index contributed by atoms with van der Waals surface area (Å²) in [6.45, 7) is 8.09. The van der Waals surface area contributed by atoms with Gasteiger partial charge in [-0.05, 0) is 38.5 Å². The number of nitrogens with zero attached hydrogens (tertiary/aromatic N) is 1. The molecule has 0 aliphatic rings. The molecule has 0 radical (unpaired) electrons. The Morgan fingerprint density at radius 2 is 1.62 bits per heavy atom. The van der Waals surface area contributed by atoms with E-state index in [-0.39, 0.29) is 33.7 Å². The zero-order chi connectivity index (χ0) is 24.2. The van der Waals surface area contributed by atoms with Crippen LogP contribution in [0.1, 0.15) is 54.0 Å². The third kappa shape index (κ3) is 5.11. The summed E-state index contributed by atoms with van der Waals surface area (Å²) in [7, 11) is 1.12. The molecule has 2 rings (SSSR count). The van der Waals surface area contributed by atoms with Gasteiger partial charge in [-0.1, -0.05) is 26.0 Å². The first-order chi connectivity index (χ1) is 15.0. The van der Waals surface area contributed by atoms with E-state index in [1.54, 1.807) is 34.6 Å². The summed E-state index contributed by atoms with van der Waals surface area (Å²) >= 11 is 0. The Balaban J connectivity index is 3.02. The topological polar surface area (TPSA) is 122 Å². The number of esters is 3. The molecule has 9 heteroatoms. The molecule has 0 saturated heterocycles. The normalized spacial score (nSPS) is 10.8. The maximum absolute atomic E-state index is 13.0. The fourth-order valence-corrected chi connectivity index (χ4v) is 3.05. The van der Waals surface area contributed by atoms with Gasteiger partial charge in [0.2, 0.25) is 0 Å². The molecule has 0 aliphatic heterocycles. The highest BCUT2D eigenvalue weighted by atomic mass is 16.6. The van der Waals surface area contributed by atoms with E-state index in [1.165, 1.54) is 30.3 Å². The molecule has 0 atom stereocenters. The highest BCUT2D eigenvalue weighted by Gasteiger charge is 2.33. The highest BCUT2D eigenvalue weighted by molar-refractivity contribution is 6.10. The molecule has 32 heavy (non-hydrogen) atoms. The maximum Gasteiger partial charge on any atom is 0.342 e. The van der Waals surface area contributed by atoms with Gasteiger partial charge in [0.25, 0.3) is 5.69 Å². The van der Waals surface area contributed by atoms with E-state index in [9.17, 15) is 24.5 Å². The molecule has 9 nitrogen and oxygen atoms in total. The van der Waals surface area contributed by atoms with Crippen LogP contribution in [0.4, 0.5) is 5.69 Å². The predicted molar refractivity (Wildman–Crippen MR) is 116 cm³/mol. The minimum atomic E-state index is -0.927. The third-order valence-corrected chi connectivity index (χ3v) is 4.48. The fourth-order valence-electron chi connectivity index (χ4n) is 3.05. The van der Waals surface area contributed by atoms with Crippen LogP contribution in [-0.2, 0) is 14.3 Å². The van der Waals surface area contributed by atoms with E-state index in [1.807, 2.05) is 0 Å². The van der Waals surface area contributed by atoms with Crippen LogP contribution < -0.4 is 4.74 Å². The van der Waals surface area contributed by atoms with Crippen LogP contribution in [0.2, 0.25) is 0 Å². The molecule has 0 bridgehead atoms. The summed E-state index contributed by atoms with van der Waals surface area (Å²) in [6, 6.07) is 6.99. The lowest BCUT2D eigenvalue weighted by molar-refractivity contribution is -0.384. The van der Waals surface area contributed by atoms with Gasteiger partial charge in [0.1, 0.15) is 11.3 Å². The number of benzene rings is 2. The molecule has 0 unspecified atom stereocenters. The lowest BCUT2D eigenvalue weighted by atomic mass is 9.89. The number of rotatable bonds is 7. The van der Waals surface area contributed by atoms with Crippen LogP contribution >= 0.6 is 0 Å². The maximum atomic E-state index is 13.0. The number of aryl methyl sites for hydroxylation is 1. The summed E-state index contributed by atoms with van der Waals surface area (Å²) in [5.74, 6) is -3.01. The monoisotopic (exact) mass is 443 g/mol. The molecule has 0 aromatic heterocycles. The first-order valence-corrected chi connectivity index (χ1v) is 9.91. The molecular formula is C23H25NO8. The van der Waals surface area contributed by atoms with E-state index < -0.39 is 34.9 Å². The molecule has 0 heterocycles. The Bertz CT molecular complexity index is 1070. The van der Waals surface area contributed by atoms with Gasteiger partial charge in [-0.3, -0.25) is 14.9 Å². The average Bonchev–Trinajstić information content (AvgIpc) is 2.71. The van der Waals surface area contributed by atoms with E-state index >= 15 is 0 Å². The Morgan fingerprint density at radius 1 is 1.00 bits per heavy atom. The molecule has 170 valence electrons. The van der Waals surface area contributed by atoms with Crippen molar-refractivity contribution in [1.29, 1.82) is 0 Å². The summed E-state index contributed by atoms with van der Waals surface area (Å²) in [4.78, 5) is 49.2. The average molecular weight is 443 g/mol. The van der Waals surface area contributed by atoms with Gasteiger partial charge >= 0.3 is 17.9 Å². The third-order valence-electron chi connectivity index (χ3n) is 4.48. The van der Waals surface area contributed by atoms with Crippen LogP contribution in [0.15, 0.2) is 30.3 Å². The van der Waals surface area contributed by atoms with Crippen molar-refractivity contribution in [2.45, 2.75) is 40.7 Å². The molecule has 0 amide bonds. The second kappa shape index (κ2) is 10.0. The SMILES string of the molecule is COC(=O)c1c(OC(=O)C(C)C)cc(C)c(C(=O)OC(C)C)c1-c1ccccc1[N+](=O)[O-]. The molecule has 0 spiro atoms. The van der Waals surface area contributed by atoms with E-state index in [0.717, 1.165) is 7.11 Å². The Morgan fingerprint density at radius 3 is 2.16 bits per heavy atom. The largest absolute Gasteiger partial charge is 0.465 e.